The summed E-state index contributed by atoms with van der Waals surface area (Å²) in [5, 5.41) is 33.0. The summed E-state index contributed by atoms with van der Waals surface area (Å²) in [6.07, 6.45) is 26.5. The number of aliphatic hydroxyl groups excluding tert-OH is 3. The first kappa shape index (κ1) is 46.6. The quantitative estimate of drug-likeness (QED) is 0.151. The summed E-state index contributed by atoms with van der Waals surface area (Å²) in [5.74, 6) is 11.6. The van der Waals surface area contributed by atoms with Gasteiger partial charge in [-0.1, -0.05) is 118 Å². The van der Waals surface area contributed by atoms with Gasteiger partial charge < -0.3 is 15.3 Å². The second-order valence-corrected chi connectivity index (χ2v) is 25.9. The Morgan fingerprint density at radius 3 is 1.29 bits per heavy atom. The van der Waals surface area contributed by atoms with Crippen LogP contribution in [0.15, 0.2) is 0 Å². The lowest BCUT2D eigenvalue weighted by atomic mass is 9.41. The van der Waals surface area contributed by atoms with Crippen LogP contribution in [0.4, 0.5) is 0 Å². The first-order valence-electron chi connectivity index (χ1n) is 26.1. The van der Waals surface area contributed by atoms with Gasteiger partial charge in [0.15, 0.2) is 0 Å². The van der Waals surface area contributed by atoms with Crippen molar-refractivity contribution in [3.05, 3.63) is 0 Å². The first-order valence-corrected chi connectivity index (χ1v) is 27.6. The average molecular weight is 919 g/mol. The Bertz CT molecular complexity index is 1250. The maximum atomic E-state index is 11.8. The Morgan fingerprint density at radius 1 is 0.534 bits per heavy atom. The van der Waals surface area contributed by atoms with E-state index in [0.29, 0.717) is 63.8 Å². The highest BCUT2D eigenvalue weighted by molar-refractivity contribution is 14.1. The van der Waals surface area contributed by atoms with Crippen molar-refractivity contribution in [2.45, 2.75) is 210 Å². The molecule has 0 spiro atoms. The second-order valence-electron chi connectivity index (χ2n) is 24.8. The van der Waals surface area contributed by atoms with Gasteiger partial charge in [-0.25, -0.2) is 0 Å². The van der Waals surface area contributed by atoms with Crippen LogP contribution in [0.25, 0.3) is 0 Å². The molecule has 0 bridgehead atoms. The van der Waals surface area contributed by atoms with Crippen molar-refractivity contribution in [2.24, 2.45) is 116 Å². The van der Waals surface area contributed by atoms with Crippen LogP contribution in [0, 0.1) is 116 Å². The van der Waals surface area contributed by atoms with Gasteiger partial charge in [0, 0.05) is 6.61 Å². The SMILES string of the molecule is CC[C@H]1[C@@H](O)[C@@H]2[C@H](CC[C@]3(C)[C@@H]([C@H](C)CCCI)CC[C@@H]23)[C@@]2(C)CC[C@@H](C)C[C@@H]12.CC[C@H]1[C@@H](O)[C@@H]2[C@H](CC[C@]3(C)[C@@H]([C@H](C)CCCO)CC[C@@H]23)[C@@]2(C)CC[C@@H](C)C[C@@H]12. The predicted octanol–water partition coefficient (Wildman–Crippen LogP) is 14.0. The minimum Gasteiger partial charge on any atom is -0.396 e. The third kappa shape index (κ3) is 7.72. The van der Waals surface area contributed by atoms with Crippen LogP contribution in [0.1, 0.15) is 198 Å². The highest BCUT2D eigenvalue weighted by Crippen LogP contribution is 2.72. The van der Waals surface area contributed by atoms with Crippen molar-refractivity contribution in [1.82, 2.24) is 0 Å². The van der Waals surface area contributed by atoms with Gasteiger partial charge in [-0.15, -0.1) is 0 Å². The van der Waals surface area contributed by atoms with Crippen LogP contribution in [0.2, 0.25) is 0 Å². The third-order valence-corrected chi connectivity index (χ3v) is 23.3. The lowest BCUT2D eigenvalue weighted by molar-refractivity contribution is -0.198. The summed E-state index contributed by atoms with van der Waals surface area (Å²) < 4.78 is 1.30. The summed E-state index contributed by atoms with van der Waals surface area (Å²) in [4.78, 5) is 0. The van der Waals surface area contributed by atoms with Gasteiger partial charge in [0.25, 0.3) is 0 Å². The molecule has 0 aliphatic heterocycles. The van der Waals surface area contributed by atoms with Crippen molar-refractivity contribution >= 4 is 22.6 Å². The van der Waals surface area contributed by atoms with E-state index in [1.54, 1.807) is 0 Å². The van der Waals surface area contributed by atoms with Crippen molar-refractivity contribution in [2.75, 3.05) is 11.0 Å². The molecule has 8 saturated carbocycles. The molecule has 0 aromatic rings. The van der Waals surface area contributed by atoms with E-state index in [-0.39, 0.29) is 12.2 Å². The Labute approximate surface area is 373 Å². The van der Waals surface area contributed by atoms with Gasteiger partial charge in [0.2, 0.25) is 0 Å². The minimum absolute atomic E-state index is 0.0404. The lowest BCUT2D eigenvalue weighted by Crippen LogP contribution is -2.61. The molecule has 8 aliphatic carbocycles. The molecule has 4 heteroatoms. The molecule has 8 fully saturated rings. The van der Waals surface area contributed by atoms with E-state index < -0.39 is 0 Å². The van der Waals surface area contributed by atoms with Gasteiger partial charge >= 0.3 is 0 Å². The summed E-state index contributed by atoms with van der Waals surface area (Å²) >= 11 is 2.55. The van der Waals surface area contributed by atoms with E-state index in [2.05, 4.69) is 91.8 Å². The zero-order chi connectivity index (χ0) is 41.9. The number of fused-ring (bicyclic) bond motifs is 10. The lowest BCUT2D eigenvalue weighted by Gasteiger charge is -2.65. The van der Waals surface area contributed by atoms with E-state index in [1.807, 2.05) is 0 Å². The van der Waals surface area contributed by atoms with Gasteiger partial charge in [0.05, 0.1) is 12.2 Å². The molecule has 3 N–H and O–H groups in total. The van der Waals surface area contributed by atoms with Crippen LogP contribution in [0.5, 0.6) is 0 Å². The predicted molar refractivity (Wildman–Crippen MR) is 253 cm³/mol. The molecule has 0 radical (unpaired) electrons. The fraction of sp³-hybridized carbons (Fsp3) is 1.00. The van der Waals surface area contributed by atoms with Gasteiger partial charge in [-0.2, -0.15) is 0 Å². The molecule has 0 aromatic heterocycles. The molecule has 3 nitrogen and oxygen atoms in total. The van der Waals surface area contributed by atoms with Gasteiger partial charge in [-0.3, -0.25) is 0 Å². The smallest absolute Gasteiger partial charge is 0.0605 e. The number of halogens is 1. The van der Waals surface area contributed by atoms with E-state index in [9.17, 15) is 15.3 Å². The monoisotopic (exact) mass is 919 g/mol. The summed E-state index contributed by atoms with van der Waals surface area (Å²) in [5.41, 5.74) is 1.83. The average Bonchev–Trinajstić information content (AvgIpc) is 3.74. The first-order chi connectivity index (χ1) is 27.5. The van der Waals surface area contributed by atoms with E-state index in [0.717, 1.165) is 78.4 Å². The van der Waals surface area contributed by atoms with E-state index in [4.69, 9.17) is 0 Å². The summed E-state index contributed by atoms with van der Waals surface area (Å²) in [6.45, 7) is 25.4. The maximum absolute atomic E-state index is 11.8. The number of aliphatic hydroxyl groups is 3. The molecule has 336 valence electrons. The van der Waals surface area contributed by atoms with E-state index in [1.165, 1.54) is 114 Å². The van der Waals surface area contributed by atoms with Gasteiger partial charge in [0.1, 0.15) is 0 Å². The summed E-state index contributed by atoms with van der Waals surface area (Å²) in [7, 11) is 0. The van der Waals surface area contributed by atoms with Crippen LogP contribution in [-0.2, 0) is 0 Å². The molecule has 0 heterocycles. The number of hydrogen-bond donors (Lipinski definition) is 3. The molecule has 0 aromatic carbocycles. The molecule has 0 saturated heterocycles. The Morgan fingerprint density at radius 2 is 0.914 bits per heavy atom. The van der Waals surface area contributed by atoms with Crippen molar-refractivity contribution in [3.63, 3.8) is 0 Å². The Kier molecular flexibility index (Phi) is 14.7. The molecule has 58 heavy (non-hydrogen) atoms. The van der Waals surface area contributed by atoms with Gasteiger partial charge in [-0.05, 0) is 224 Å². The second kappa shape index (κ2) is 18.2. The molecule has 0 amide bonds. The Balaban J connectivity index is 0.000000177. The standard InChI is InChI=1S/C27H47IO.C27H48O2/c2*1-6-19-23-16-17(2)11-13-27(23,5)22-12-14-26(4)20(18(3)8-7-15-28)9-10-21(26)24(22)25(19)29/h17-25,29H,6-16H2,1-5H3;17-25,28-29H,6-16H2,1-5H3/t2*17-,18-,19-,20-,21+,22+,23+,24+,25-,26-,27-/m11/s1. The summed E-state index contributed by atoms with van der Waals surface area (Å²) in [6, 6.07) is 0. The molecular weight excluding hydrogens is 823 g/mol. The van der Waals surface area contributed by atoms with Crippen LogP contribution in [-0.4, -0.2) is 38.6 Å². The zero-order valence-electron chi connectivity index (χ0n) is 39.7. The third-order valence-electron chi connectivity index (χ3n) is 22.5. The highest BCUT2D eigenvalue weighted by Gasteiger charge is 2.66. The maximum Gasteiger partial charge on any atom is 0.0605 e. The van der Waals surface area contributed by atoms with E-state index >= 15 is 0 Å². The molecule has 8 aliphatic rings. The zero-order valence-corrected chi connectivity index (χ0v) is 41.8. The molecular formula is C54H95IO3. The molecule has 8 rings (SSSR count). The fourth-order valence-electron chi connectivity index (χ4n) is 19.5. The van der Waals surface area contributed by atoms with Crippen molar-refractivity contribution in [3.8, 4) is 0 Å². The highest BCUT2D eigenvalue weighted by atomic mass is 127. The number of alkyl halides is 1. The number of hydrogen-bond acceptors (Lipinski definition) is 3. The van der Waals surface area contributed by atoms with Crippen LogP contribution in [0.3, 0.4) is 0 Å². The molecule has 0 unspecified atom stereocenters. The number of rotatable bonds is 10. The topological polar surface area (TPSA) is 60.7 Å². The van der Waals surface area contributed by atoms with Crippen molar-refractivity contribution < 1.29 is 15.3 Å². The molecule has 22 atom stereocenters. The largest absolute Gasteiger partial charge is 0.396 e. The minimum atomic E-state index is -0.0792. The van der Waals surface area contributed by atoms with Crippen molar-refractivity contribution in [1.29, 1.82) is 0 Å². The van der Waals surface area contributed by atoms with Crippen LogP contribution < -0.4 is 0 Å². The van der Waals surface area contributed by atoms with Crippen LogP contribution >= 0.6 is 22.6 Å². The Hall–Kier alpha value is 0.610. The normalized spacial score (nSPS) is 53.1. The fourth-order valence-corrected chi connectivity index (χ4v) is 20.0.